The van der Waals surface area contributed by atoms with Crippen molar-refractivity contribution in [1.29, 1.82) is 0 Å². The first-order valence-electron chi connectivity index (χ1n) is 5.48. The van der Waals surface area contributed by atoms with Gasteiger partial charge in [-0.05, 0) is 52.3 Å². The zero-order valence-corrected chi connectivity index (χ0v) is 12.2. The van der Waals surface area contributed by atoms with Crippen molar-refractivity contribution < 1.29 is 0 Å². The van der Waals surface area contributed by atoms with E-state index in [4.69, 9.17) is 0 Å². The van der Waals surface area contributed by atoms with Crippen molar-refractivity contribution >= 4 is 39.7 Å². The van der Waals surface area contributed by atoms with E-state index in [1.165, 1.54) is 35.5 Å². The van der Waals surface area contributed by atoms with E-state index in [2.05, 4.69) is 37.6 Å². The van der Waals surface area contributed by atoms with Gasteiger partial charge in [0.05, 0.1) is 0 Å². The number of nitrogens with zero attached hydrogens (tertiary/aromatic N) is 1. The van der Waals surface area contributed by atoms with Crippen LogP contribution in [0.15, 0.2) is 15.9 Å². The summed E-state index contributed by atoms with van der Waals surface area (Å²) in [7, 11) is 0. The molecule has 2 saturated heterocycles. The van der Waals surface area contributed by atoms with Crippen molar-refractivity contribution in [2.24, 2.45) is 11.8 Å². The molecule has 2 aliphatic heterocycles. The van der Waals surface area contributed by atoms with Crippen molar-refractivity contribution in [2.75, 3.05) is 26.2 Å². The fraction of sp³-hybridized carbons (Fsp3) is 0.636. The van der Waals surface area contributed by atoms with Gasteiger partial charge in [0, 0.05) is 29.0 Å². The molecular weight excluding hydrogens is 308 g/mol. The molecule has 0 spiro atoms. The Kier molecular flexibility index (Phi) is 4.30. The summed E-state index contributed by atoms with van der Waals surface area (Å²) in [5, 5.41) is 5.65. The molecule has 3 rings (SSSR count). The summed E-state index contributed by atoms with van der Waals surface area (Å²) in [6.45, 7) is 6.15. The molecule has 1 aromatic heterocycles. The molecule has 1 aromatic rings. The first-order chi connectivity index (χ1) is 7.33. The van der Waals surface area contributed by atoms with E-state index in [1.807, 2.05) is 11.3 Å². The first kappa shape index (κ1) is 12.8. The van der Waals surface area contributed by atoms with Gasteiger partial charge in [0.25, 0.3) is 0 Å². The maximum atomic E-state index is 3.61. The monoisotopic (exact) mass is 322 g/mol. The molecule has 0 radical (unpaired) electrons. The zero-order valence-electron chi connectivity index (χ0n) is 8.99. The van der Waals surface area contributed by atoms with Crippen LogP contribution in [-0.4, -0.2) is 31.1 Å². The molecule has 0 bridgehead atoms. The number of nitrogens with one attached hydrogen (secondary N) is 1. The summed E-state index contributed by atoms with van der Waals surface area (Å²) in [5.74, 6) is 1.81. The Labute approximate surface area is 115 Å². The Bertz CT molecular complexity index is 346. The molecule has 2 atom stereocenters. The minimum absolute atomic E-state index is 0. The van der Waals surface area contributed by atoms with Crippen molar-refractivity contribution in [3.63, 3.8) is 0 Å². The van der Waals surface area contributed by atoms with Crippen molar-refractivity contribution in [3.8, 4) is 0 Å². The second-order valence-electron chi connectivity index (χ2n) is 4.56. The van der Waals surface area contributed by atoms with E-state index in [0.29, 0.717) is 0 Å². The molecule has 2 nitrogen and oxygen atoms in total. The van der Waals surface area contributed by atoms with Gasteiger partial charge in [-0.3, -0.25) is 4.90 Å². The van der Waals surface area contributed by atoms with Gasteiger partial charge in [0.1, 0.15) is 0 Å². The van der Waals surface area contributed by atoms with Gasteiger partial charge in [0.15, 0.2) is 0 Å². The quantitative estimate of drug-likeness (QED) is 0.900. The highest BCUT2D eigenvalue weighted by molar-refractivity contribution is 9.10. The minimum Gasteiger partial charge on any atom is -0.316 e. The predicted octanol–water partition coefficient (Wildman–Crippen LogP) is 2.58. The van der Waals surface area contributed by atoms with Crippen LogP contribution in [0, 0.1) is 11.8 Å². The second-order valence-corrected chi connectivity index (χ2v) is 6.42. The van der Waals surface area contributed by atoms with Crippen molar-refractivity contribution in [3.05, 3.63) is 20.8 Å². The van der Waals surface area contributed by atoms with Gasteiger partial charge in [-0.1, -0.05) is 0 Å². The number of halogens is 2. The van der Waals surface area contributed by atoms with Gasteiger partial charge in [-0.15, -0.1) is 23.7 Å². The molecule has 0 aliphatic carbocycles. The normalized spacial score (nSPS) is 29.1. The highest BCUT2D eigenvalue weighted by Gasteiger charge is 2.35. The van der Waals surface area contributed by atoms with E-state index in [0.717, 1.165) is 18.4 Å². The smallest absolute Gasteiger partial charge is 0.0339 e. The van der Waals surface area contributed by atoms with Crippen molar-refractivity contribution in [1.82, 2.24) is 10.2 Å². The molecule has 0 aromatic carbocycles. The molecule has 0 amide bonds. The Morgan fingerprint density at radius 2 is 2.06 bits per heavy atom. The van der Waals surface area contributed by atoms with E-state index in [-0.39, 0.29) is 12.4 Å². The van der Waals surface area contributed by atoms with E-state index < -0.39 is 0 Å². The van der Waals surface area contributed by atoms with Gasteiger partial charge in [0.2, 0.25) is 0 Å². The second kappa shape index (κ2) is 5.36. The highest BCUT2D eigenvalue weighted by Crippen LogP contribution is 2.30. The van der Waals surface area contributed by atoms with Crippen LogP contribution in [0.1, 0.15) is 4.88 Å². The van der Waals surface area contributed by atoms with Gasteiger partial charge in [-0.2, -0.15) is 0 Å². The van der Waals surface area contributed by atoms with Crippen LogP contribution in [-0.2, 0) is 6.54 Å². The summed E-state index contributed by atoms with van der Waals surface area (Å²) in [6.07, 6.45) is 0. The molecule has 0 saturated carbocycles. The summed E-state index contributed by atoms with van der Waals surface area (Å²) in [5.41, 5.74) is 0. The predicted molar refractivity (Wildman–Crippen MR) is 74.4 cm³/mol. The maximum absolute atomic E-state index is 3.61. The Morgan fingerprint density at radius 3 is 2.62 bits per heavy atom. The Hall–Kier alpha value is 0.390. The Morgan fingerprint density at radius 1 is 1.38 bits per heavy atom. The van der Waals surface area contributed by atoms with Crippen LogP contribution >= 0.6 is 39.7 Å². The Balaban J connectivity index is 0.000000963. The maximum Gasteiger partial charge on any atom is 0.0339 e. The fourth-order valence-corrected chi connectivity index (χ4v) is 4.24. The lowest BCUT2D eigenvalue weighted by Gasteiger charge is -2.15. The van der Waals surface area contributed by atoms with Gasteiger partial charge in [-0.25, -0.2) is 0 Å². The molecule has 16 heavy (non-hydrogen) atoms. The average molecular weight is 324 g/mol. The van der Waals surface area contributed by atoms with E-state index in [1.54, 1.807) is 0 Å². The molecule has 5 heteroatoms. The van der Waals surface area contributed by atoms with Crippen LogP contribution in [0.3, 0.4) is 0 Å². The standard InChI is InChI=1S/C11H15BrN2S.ClH/c12-10-1-2-15-11(10)7-14-5-8-3-13-4-9(8)6-14;/h1-2,8-9,13H,3-7H2;1H/t8-,9+;. The number of thiophene rings is 1. The number of fused-ring (bicyclic) bond motifs is 1. The lowest BCUT2D eigenvalue weighted by atomic mass is 10.0. The average Bonchev–Trinajstić information content (AvgIpc) is 2.83. The minimum atomic E-state index is 0. The molecule has 2 aliphatic rings. The highest BCUT2D eigenvalue weighted by atomic mass is 79.9. The lowest BCUT2D eigenvalue weighted by molar-refractivity contribution is 0.308. The zero-order chi connectivity index (χ0) is 10.3. The largest absolute Gasteiger partial charge is 0.316 e. The molecule has 0 unspecified atom stereocenters. The number of likely N-dealkylation sites (tertiary alicyclic amines) is 1. The summed E-state index contributed by atoms with van der Waals surface area (Å²) in [6, 6.07) is 2.15. The third-order valence-corrected chi connectivity index (χ3v) is 5.43. The summed E-state index contributed by atoms with van der Waals surface area (Å²) < 4.78 is 1.28. The van der Waals surface area contributed by atoms with E-state index >= 15 is 0 Å². The molecular formula is C11H16BrClN2S. The fourth-order valence-electron chi connectivity index (χ4n) is 2.72. The molecule has 3 heterocycles. The van der Waals surface area contributed by atoms with Crippen LogP contribution in [0.4, 0.5) is 0 Å². The number of hydrogen-bond acceptors (Lipinski definition) is 3. The third kappa shape index (κ3) is 2.46. The molecule has 1 N–H and O–H groups in total. The lowest BCUT2D eigenvalue weighted by Crippen LogP contribution is -2.25. The number of rotatable bonds is 2. The molecule has 90 valence electrons. The molecule has 2 fully saturated rings. The third-order valence-electron chi connectivity index (χ3n) is 3.52. The van der Waals surface area contributed by atoms with Crippen LogP contribution < -0.4 is 5.32 Å². The van der Waals surface area contributed by atoms with E-state index in [9.17, 15) is 0 Å². The van der Waals surface area contributed by atoms with Crippen LogP contribution in [0.25, 0.3) is 0 Å². The summed E-state index contributed by atoms with van der Waals surface area (Å²) in [4.78, 5) is 4.08. The van der Waals surface area contributed by atoms with Crippen molar-refractivity contribution in [2.45, 2.75) is 6.54 Å². The van der Waals surface area contributed by atoms with Gasteiger partial charge >= 0.3 is 0 Å². The van der Waals surface area contributed by atoms with Crippen LogP contribution in [0.5, 0.6) is 0 Å². The topological polar surface area (TPSA) is 15.3 Å². The first-order valence-corrected chi connectivity index (χ1v) is 7.15. The SMILES string of the molecule is Brc1ccsc1CN1C[C@H]2CNC[C@H]2C1.Cl. The van der Waals surface area contributed by atoms with Gasteiger partial charge < -0.3 is 5.32 Å². The number of hydrogen-bond donors (Lipinski definition) is 1. The summed E-state index contributed by atoms with van der Waals surface area (Å²) >= 11 is 5.47. The van der Waals surface area contributed by atoms with Crippen LogP contribution in [0.2, 0.25) is 0 Å².